The summed E-state index contributed by atoms with van der Waals surface area (Å²) in [7, 11) is 0. The van der Waals surface area contributed by atoms with Crippen molar-refractivity contribution in [2.75, 3.05) is 6.54 Å². The van der Waals surface area contributed by atoms with Gasteiger partial charge in [0, 0.05) is 10.3 Å². The van der Waals surface area contributed by atoms with Gasteiger partial charge in [0.1, 0.15) is 18.8 Å². The van der Waals surface area contributed by atoms with Gasteiger partial charge in [0.05, 0.1) is 0 Å². The fourth-order valence-electron chi connectivity index (χ4n) is 3.40. The minimum atomic E-state index is -1.02. The highest BCUT2D eigenvalue weighted by Gasteiger charge is 2.47. The Morgan fingerprint density at radius 2 is 1.83 bits per heavy atom. The molecule has 0 saturated heterocycles. The summed E-state index contributed by atoms with van der Waals surface area (Å²) in [5.74, 6) is -1.67. The van der Waals surface area contributed by atoms with Gasteiger partial charge in [-0.3, -0.25) is 14.9 Å². The summed E-state index contributed by atoms with van der Waals surface area (Å²) in [6, 6.07) is 9.15. The third-order valence-electron chi connectivity index (χ3n) is 4.80. The van der Waals surface area contributed by atoms with Gasteiger partial charge in [-0.25, -0.2) is 0 Å². The highest BCUT2D eigenvalue weighted by molar-refractivity contribution is 5.79. The van der Waals surface area contributed by atoms with Gasteiger partial charge >= 0.3 is 5.97 Å². The SMILES string of the molecule is O=CC1([C@@H](C[N+](=O)[O-])C(=O)OCc2ccccc2)CCCCCC1. The highest BCUT2D eigenvalue weighted by atomic mass is 16.6. The first-order chi connectivity index (χ1) is 11.6. The van der Waals surface area contributed by atoms with Crippen molar-refractivity contribution in [3.63, 3.8) is 0 Å². The number of nitro groups is 1. The molecule has 1 saturated carbocycles. The van der Waals surface area contributed by atoms with E-state index in [1.807, 2.05) is 30.3 Å². The van der Waals surface area contributed by atoms with E-state index >= 15 is 0 Å². The average Bonchev–Trinajstić information content (AvgIpc) is 2.85. The Morgan fingerprint density at radius 1 is 1.21 bits per heavy atom. The Hall–Kier alpha value is -2.24. The van der Waals surface area contributed by atoms with E-state index in [9.17, 15) is 19.7 Å². The second kappa shape index (κ2) is 8.57. The molecule has 0 aromatic heterocycles. The molecule has 0 radical (unpaired) electrons. The van der Waals surface area contributed by atoms with Gasteiger partial charge < -0.3 is 9.53 Å². The van der Waals surface area contributed by atoms with E-state index in [-0.39, 0.29) is 6.61 Å². The van der Waals surface area contributed by atoms with Crippen molar-refractivity contribution >= 4 is 12.3 Å². The molecule has 0 spiro atoms. The van der Waals surface area contributed by atoms with Crippen LogP contribution in [0.4, 0.5) is 0 Å². The molecule has 1 aliphatic carbocycles. The largest absolute Gasteiger partial charge is 0.460 e. The number of rotatable bonds is 7. The van der Waals surface area contributed by atoms with E-state index in [1.165, 1.54) is 0 Å². The maximum Gasteiger partial charge on any atom is 0.316 e. The van der Waals surface area contributed by atoms with Crippen LogP contribution in [0.5, 0.6) is 0 Å². The van der Waals surface area contributed by atoms with Crippen molar-refractivity contribution < 1.29 is 19.2 Å². The van der Waals surface area contributed by atoms with E-state index in [2.05, 4.69) is 0 Å². The minimum absolute atomic E-state index is 0.0584. The van der Waals surface area contributed by atoms with E-state index < -0.39 is 28.8 Å². The molecule has 1 aromatic carbocycles. The molecular formula is C18H23NO5. The normalized spacial score (nSPS) is 18.2. The molecule has 0 unspecified atom stereocenters. The second-order valence-corrected chi connectivity index (χ2v) is 6.43. The lowest BCUT2D eigenvalue weighted by molar-refractivity contribution is -0.489. The first-order valence-electron chi connectivity index (χ1n) is 8.36. The Kier molecular flexibility index (Phi) is 6.46. The summed E-state index contributed by atoms with van der Waals surface area (Å²) in [5.41, 5.74) is -0.163. The van der Waals surface area contributed by atoms with E-state index in [0.29, 0.717) is 12.8 Å². The van der Waals surface area contributed by atoms with Gasteiger partial charge in [0.2, 0.25) is 6.54 Å². The number of esters is 1. The quantitative estimate of drug-likeness (QED) is 0.251. The summed E-state index contributed by atoms with van der Waals surface area (Å²) >= 11 is 0. The lowest BCUT2D eigenvalue weighted by Gasteiger charge is -2.31. The zero-order valence-electron chi connectivity index (χ0n) is 13.7. The number of aldehydes is 1. The maximum absolute atomic E-state index is 12.5. The van der Waals surface area contributed by atoms with Crippen molar-refractivity contribution in [2.45, 2.75) is 45.1 Å². The molecule has 0 heterocycles. The first-order valence-corrected chi connectivity index (χ1v) is 8.36. The number of hydrogen-bond donors (Lipinski definition) is 0. The van der Waals surface area contributed by atoms with Crippen LogP contribution in [-0.4, -0.2) is 23.7 Å². The third kappa shape index (κ3) is 4.63. The predicted molar refractivity (Wildman–Crippen MR) is 87.8 cm³/mol. The summed E-state index contributed by atoms with van der Waals surface area (Å²) < 4.78 is 5.31. The summed E-state index contributed by atoms with van der Waals surface area (Å²) in [6.07, 6.45) is 5.36. The Labute approximate surface area is 141 Å². The molecule has 2 rings (SSSR count). The molecule has 0 N–H and O–H groups in total. The number of ether oxygens (including phenoxy) is 1. The number of benzene rings is 1. The Morgan fingerprint density at radius 3 is 2.38 bits per heavy atom. The molecule has 6 heteroatoms. The fraction of sp³-hybridized carbons (Fsp3) is 0.556. The molecule has 1 fully saturated rings. The summed E-state index contributed by atoms with van der Waals surface area (Å²) in [4.78, 5) is 34.9. The molecule has 1 atom stereocenters. The van der Waals surface area contributed by atoms with Gasteiger partial charge in [-0.15, -0.1) is 0 Å². The lowest BCUT2D eigenvalue weighted by Crippen LogP contribution is -2.42. The zero-order chi connectivity index (χ0) is 17.4. The van der Waals surface area contributed by atoms with Crippen LogP contribution in [0.15, 0.2) is 30.3 Å². The van der Waals surface area contributed by atoms with Crippen molar-refractivity contribution in [1.29, 1.82) is 0 Å². The van der Waals surface area contributed by atoms with Crippen LogP contribution >= 0.6 is 0 Å². The van der Waals surface area contributed by atoms with Crippen LogP contribution in [0, 0.1) is 21.4 Å². The molecule has 0 bridgehead atoms. The van der Waals surface area contributed by atoms with Crippen molar-refractivity contribution in [3.05, 3.63) is 46.0 Å². The number of carbonyl (C=O) groups is 2. The fourth-order valence-corrected chi connectivity index (χ4v) is 3.40. The molecule has 6 nitrogen and oxygen atoms in total. The molecule has 0 aliphatic heterocycles. The van der Waals surface area contributed by atoms with Gasteiger partial charge in [-0.1, -0.05) is 56.0 Å². The van der Waals surface area contributed by atoms with Gasteiger partial charge in [0.15, 0.2) is 0 Å². The number of carbonyl (C=O) groups excluding carboxylic acids is 2. The van der Waals surface area contributed by atoms with Crippen molar-refractivity contribution in [1.82, 2.24) is 0 Å². The molecule has 1 aliphatic rings. The monoisotopic (exact) mass is 333 g/mol. The van der Waals surface area contributed by atoms with E-state index in [0.717, 1.165) is 37.5 Å². The Bertz CT molecular complexity index is 564. The molecule has 0 amide bonds. The predicted octanol–water partition coefficient (Wildman–Crippen LogP) is 3.16. The van der Waals surface area contributed by atoms with Crippen LogP contribution in [0.3, 0.4) is 0 Å². The summed E-state index contributed by atoms with van der Waals surface area (Å²) in [6.45, 7) is -0.505. The topological polar surface area (TPSA) is 86.5 Å². The van der Waals surface area contributed by atoms with Crippen LogP contribution in [0.25, 0.3) is 0 Å². The Balaban J connectivity index is 2.14. The maximum atomic E-state index is 12.5. The molecular weight excluding hydrogens is 310 g/mol. The van der Waals surface area contributed by atoms with Crippen LogP contribution in [0.2, 0.25) is 0 Å². The highest BCUT2D eigenvalue weighted by Crippen LogP contribution is 2.40. The van der Waals surface area contributed by atoms with Crippen molar-refractivity contribution in [3.8, 4) is 0 Å². The molecule has 130 valence electrons. The first kappa shape index (κ1) is 18.1. The number of hydrogen-bond acceptors (Lipinski definition) is 5. The third-order valence-corrected chi connectivity index (χ3v) is 4.80. The second-order valence-electron chi connectivity index (χ2n) is 6.43. The standard InChI is InChI=1S/C18H23NO5/c20-14-18(10-6-1-2-7-11-18)16(12-19(22)23)17(21)24-13-15-8-4-3-5-9-15/h3-5,8-9,14,16H,1-2,6-7,10-13H2/t16-/m0/s1. The zero-order valence-corrected chi connectivity index (χ0v) is 13.7. The van der Waals surface area contributed by atoms with Crippen LogP contribution < -0.4 is 0 Å². The molecule has 1 aromatic rings. The minimum Gasteiger partial charge on any atom is -0.460 e. The average molecular weight is 333 g/mol. The van der Waals surface area contributed by atoms with E-state index in [4.69, 9.17) is 4.74 Å². The van der Waals surface area contributed by atoms with Crippen LogP contribution in [0.1, 0.15) is 44.1 Å². The molecule has 24 heavy (non-hydrogen) atoms. The van der Waals surface area contributed by atoms with Crippen molar-refractivity contribution in [2.24, 2.45) is 11.3 Å². The van der Waals surface area contributed by atoms with Gasteiger partial charge in [0.25, 0.3) is 0 Å². The van der Waals surface area contributed by atoms with Crippen LogP contribution in [-0.2, 0) is 20.9 Å². The number of nitrogens with zero attached hydrogens (tertiary/aromatic N) is 1. The summed E-state index contributed by atoms with van der Waals surface area (Å²) in [5, 5.41) is 11.1. The van der Waals surface area contributed by atoms with E-state index in [1.54, 1.807) is 0 Å². The smallest absolute Gasteiger partial charge is 0.316 e. The lowest BCUT2D eigenvalue weighted by atomic mass is 9.71. The van der Waals surface area contributed by atoms with Gasteiger partial charge in [-0.05, 0) is 18.4 Å². The van der Waals surface area contributed by atoms with Gasteiger partial charge in [-0.2, -0.15) is 0 Å².